The maximum Gasteiger partial charge on any atom is 0.193 e. The Kier molecular flexibility index (Phi) is 4.19. The van der Waals surface area contributed by atoms with Crippen LogP contribution < -0.4 is 10.2 Å². The number of hydrogen-bond donors (Lipinski definition) is 0. The van der Waals surface area contributed by atoms with E-state index in [4.69, 9.17) is 13.9 Å². The van der Waals surface area contributed by atoms with Gasteiger partial charge in [0.1, 0.15) is 6.10 Å². The number of furan rings is 1. The summed E-state index contributed by atoms with van der Waals surface area (Å²) in [6.45, 7) is 9.10. The molecule has 156 valence electrons. The summed E-state index contributed by atoms with van der Waals surface area (Å²) in [7, 11) is 0. The second-order valence-electron chi connectivity index (χ2n) is 9.31. The number of fused-ring (bicyclic) bond motifs is 5. The number of carbonyl (C=O) groups is 1. The van der Waals surface area contributed by atoms with E-state index in [1.54, 1.807) is 6.20 Å². The zero-order chi connectivity index (χ0) is 21.2. The lowest BCUT2D eigenvalue weighted by atomic mass is 9.79. The van der Waals surface area contributed by atoms with Crippen molar-refractivity contribution in [3.63, 3.8) is 0 Å². The summed E-state index contributed by atoms with van der Waals surface area (Å²) in [6, 6.07) is 7.53. The summed E-state index contributed by atoms with van der Waals surface area (Å²) in [6.07, 6.45) is 2.48. The van der Waals surface area contributed by atoms with E-state index in [9.17, 15) is 9.59 Å². The van der Waals surface area contributed by atoms with Gasteiger partial charge in [0.05, 0.1) is 24.5 Å². The molecule has 1 atom stereocenters. The summed E-state index contributed by atoms with van der Waals surface area (Å²) in [5.74, 6) is 1.15. The van der Waals surface area contributed by atoms with Crippen LogP contribution in [0.1, 0.15) is 49.7 Å². The molecule has 0 unspecified atom stereocenters. The van der Waals surface area contributed by atoms with Crippen molar-refractivity contribution in [2.45, 2.75) is 46.3 Å². The second-order valence-corrected chi connectivity index (χ2v) is 9.31. The Hall–Kier alpha value is -2.86. The van der Waals surface area contributed by atoms with Crippen LogP contribution in [0.2, 0.25) is 0 Å². The second kappa shape index (κ2) is 6.57. The van der Waals surface area contributed by atoms with Gasteiger partial charge in [0.25, 0.3) is 0 Å². The minimum atomic E-state index is -0.280. The van der Waals surface area contributed by atoms with Crippen molar-refractivity contribution in [1.29, 1.82) is 0 Å². The van der Waals surface area contributed by atoms with Crippen molar-refractivity contribution < 1.29 is 18.7 Å². The summed E-state index contributed by atoms with van der Waals surface area (Å²) < 4.78 is 19.7. The monoisotopic (exact) mass is 407 g/mol. The fourth-order valence-corrected chi connectivity index (χ4v) is 4.38. The topological polar surface area (TPSA) is 70.7 Å². The van der Waals surface area contributed by atoms with Gasteiger partial charge >= 0.3 is 0 Å². The van der Waals surface area contributed by atoms with Crippen LogP contribution in [-0.2, 0) is 11.2 Å². The Balaban J connectivity index is 1.75. The van der Waals surface area contributed by atoms with E-state index in [1.807, 2.05) is 22.8 Å². The number of nitrogens with zero attached hydrogens (tertiary/aromatic N) is 1. The fraction of sp³-hybridized carbons (Fsp3) is 0.417. The molecule has 0 spiro atoms. The molecule has 1 fully saturated rings. The number of ketones is 1. The Bertz CT molecular complexity index is 1220. The number of rotatable bonds is 3. The Morgan fingerprint density at radius 3 is 2.63 bits per heavy atom. The van der Waals surface area contributed by atoms with Gasteiger partial charge in [-0.1, -0.05) is 32.9 Å². The van der Waals surface area contributed by atoms with Gasteiger partial charge in [0, 0.05) is 29.3 Å². The molecular weight excluding hydrogens is 382 g/mol. The van der Waals surface area contributed by atoms with E-state index in [2.05, 4.69) is 20.8 Å². The fourth-order valence-electron chi connectivity index (χ4n) is 4.38. The van der Waals surface area contributed by atoms with Gasteiger partial charge in [0.15, 0.2) is 28.3 Å². The predicted molar refractivity (Wildman–Crippen MR) is 113 cm³/mol. The van der Waals surface area contributed by atoms with E-state index in [0.717, 1.165) is 17.4 Å². The first-order valence-corrected chi connectivity index (χ1v) is 10.3. The number of benzene rings is 1. The number of para-hydroxylation sites is 1. The molecule has 2 aromatic heterocycles. The van der Waals surface area contributed by atoms with Crippen molar-refractivity contribution >= 4 is 16.8 Å². The highest BCUT2D eigenvalue weighted by molar-refractivity contribution is 5.95. The highest BCUT2D eigenvalue weighted by Gasteiger charge is 2.36. The van der Waals surface area contributed by atoms with E-state index < -0.39 is 0 Å². The zero-order valence-electron chi connectivity index (χ0n) is 17.7. The van der Waals surface area contributed by atoms with Gasteiger partial charge in [-0.3, -0.25) is 9.59 Å². The van der Waals surface area contributed by atoms with Gasteiger partial charge in [-0.2, -0.15) is 0 Å². The molecule has 5 rings (SSSR count). The van der Waals surface area contributed by atoms with Crippen LogP contribution in [-0.4, -0.2) is 29.7 Å². The molecule has 0 radical (unpaired) electrons. The van der Waals surface area contributed by atoms with E-state index in [-0.39, 0.29) is 34.3 Å². The molecule has 0 N–H and O–H groups in total. The van der Waals surface area contributed by atoms with E-state index in [1.165, 1.54) is 13.0 Å². The smallest absolute Gasteiger partial charge is 0.193 e. The Morgan fingerprint density at radius 1 is 1.23 bits per heavy atom. The lowest BCUT2D eigenvalue weighted by Gasteiger charge is -2.37. The van der Waals surface area contributed by atoms with Crippen LogP contribution in [0, 0.1) is 5.41 Å². The molecule has 3 aromatic rings. The molecule has 0 aliphatic carbocycles. The van der Waals surface area contributed by atoms with E-state index in [0.29, 0.717) is 36.0 Å². The van der Waals surface area contributed by atoms with E-state index >= 15 is 0 Å². The highest BCUT2D eigenvalue weighted by Crippen LogP contribution is 2.47. The third-order valence-corrected chi connectivity index (χ3v) is 6.11. The molecule has 1 aromatic carbocycles. The van der Waals surface area contributed by atoms with Crippen LogP contribution in [0.25, 0.3) is 22.4 Å². The molecule has 30 heavy (non-hydrogen) atoms. The van der Waals surface area contributed by atoms with Gasteiger partial charge < -0.3 is 18.5 Å². The summed E-state index contributed by atoms with van der Waals surface area (Å²) in [4.78, 5) is 24.7. The molecule has 6 nitrogen and oxygen atoms in total. The van der Waals surface area contributed by atoms with Gasteiger partial charge in [-0.15, -0.1) is 0 Å². The SMILES string of the molecule is CC(=O)c1cn2c(cc1=O)-c1oc3c(OC4COC4)cccc3c1C[C@H]2C(C)(C)C. The molecule has 1 saturated heterocycles. The normalized spacial score (nSPS) is 18.6. The summed E-state index contributed by atoms with van der Waals surface area (Å²) >= 11 is 0. The van der Waals surface area contributed by atoms with Crippen LogP contribution in [0.5, 0.6) is 5.75 Å². The minimum Gasteiger partial charge on any atom is -0.482 e. The van der Waals surface area contributed by atoms with Gasteiger partial charge in [0.2, 0.25) is 0 Å². The van der Waals surface area contributed by atoms with Gasteiger partial charge in [-0.25, -0.2) is 0 Å². The molecular formula is C24H25NO5. The zero-order valence-corrected chi connectivity index (χ0v) is 17.7. The summed E-state index contributed by atoms with van der Waals surface area (Å²) in [5, 5.41) is 1.01. The van der Waals surface area contributed by atoms with Crippen molar-refractivity contribution in [1.82, 2.24) is 4.57 Å². The first kappa shape index (κ1) is 19.1. The maximum atomic E-state index is 12.7. The number of aromatic nitrogens is 1. The Morgan fingerprint density at radius 2 is 2.00 bits per heavy atom. The van der Waals surface area contributed by atoms with Crippen molar-refractivity contribution in [2.24, 2.45) is 5.41 Å². The third-order valence-electron chi connectivity index (χ3n) is 6.11. The number of ether oxygens (including phenoxy) is 2. The minimum absolute atomic E-state index is 0.0353. The van der Waals surface area contributed by atoms with Crippen LogP contribution in [0.4, 0.5) is 0 Å². The number of Topliss-reactive ketones (excluding diaryl/α,β-unsaturated/α-hetero) is 1. The molecule has 0 saturated carbocycles. The standard InChI is InChI=1S/C24H25NO5/c1-13(26)17-10-25-18(9-19(17)27)22-16(8-21(25)24(2,3)4)15-6-5-7-20(23(15)30-22)29-14-11-28-12-14/h5-7,9-10,14,21H,8,11-12H2,1-4H3/t21-/m0/s1. The lowest BCUT2D eigenvalue weighted by Crippen LogP contribution is -2.38. The number of hydrogen-bond acceptors (Lipinski definition) is 5. The van der Waals surface area contributed by atoms with Crippen molar-refractivity contribution in [2.75, 3.05) is 13.2 Å². The molecule has 4 heterocycles. The lowest BCUT2D eigenvalue weighted by molar-refractivity contribution is -0.0793. The molecule has 0 amide bonds. The first-order chi connectivity index (χ1) is 14.2. The van der Waals surface area contributed by atoms with Crippen molar-refractivity contribution in [3.05, 3.63) is 51.8 Å². The maximum absolute atomic E-state index is 12.7. The summed E-state index contributed by atoms with van der Waals surface area (Å²) in [5.41, 5.74) is 2.32. The Labute approximate surface area is 174 Å². The molecule has 2 aliphatic heterocycles. The predicted octanol–water partition coefficient (Wildman–Crippen LogP) is 4.39. The van der Waals surface area contributed by atoms with Crippen LogP contribution >= 0.6 is 0 Å². The average molecular weight is 407 g/mol. The highest BCUT2D eigenvalue weighted by atomic mass is 16.6. The number of carbonyl (C=O) groups excluding carboxylic acids is 1. The van der Waals surface area contributed by atoms with Gasteiger partial charge in [-0.05, 0) is 24.8 Å². The molecule has 2 aliphatic rings. The molecule has 0 bridgehead atoms. The van der Waals surface area contributed by atoms with Crippen LogP contribution in [0.3, 0.4) is 0 Å². The average Bonchev–Trinajstić information content (AvgIpc) is 3.02. The number of pyridine rings is 1. The third kappa shape index (κ3) is 2.89. The largest absolute Gasteiger partial charge is 0.482 e. The quantitative estimate of drug-likeness (QED) is 0.603. The first-order valence-electron chi connectivity index (χ1n) is 10.3. The van der Waals surface area contributed by atoms with Crippen molar-refractivity contribution in [3.8, 4) is 17.2 Å². The van der Waals surface area contributed by atoms with Crippen LogP contribution in [0.15, 0.2) is 39.7 Å². The molecule has 6 heteroatoms.